The Morgan fingerprint density at radius 2 is 2.22 bits per heavy atom. The van der Waals surface area contributed by atoms with Crippen LogP contribution in [0.15, 0.2) is 0 Å². The number of carbonyl (C=O) groups is 1. The van der Waals surface area contributed by atoms with Crippen molar-refractivity contribution in [1.82, 2.24) is 5.48 Å². The Labute approximate surface area is 59.1 Å². The van der Waals surface area contributed by atoms with Crippen molar-refractivity contribution in [3.05, 3.63) is 0 Å². The van der Waals surface area contributed by atoms with Crippen LogP contribution in [0.1, 0.15) is 13.8 Å². The quantitative estimate of drug-likeness (QED) is 0.361. The van der Waals surface area contributed by atoms with Gasteiger partial charge in [-0.3, -0.25) is 0 Å². The fourth-order valence-electron chi connectivity index (χ4n) is 0.256. The molecule has 0 aromatic carbocycles. The molecular weight excluding hydrogens is 142 g/mol. The molecule has 9 heavy (non-hydrogen) atoms. The summed E-state index contributed by atoms with van der Waals surface area (Å²) in [5.74, 6) is 0. The topological polar surface area (TPSA) is 49.6 Å². The van der Waals surface area contributed by atoms with Gasteiger partial charge < -0.3 is 4.74 Å². The van der Waals surface area contributed by atoms with Crippen LogP contribution in [0.2, 0.25) is 0 Å². The minimum absolute atomic E-state index is 0.176. The van der Waals surface area contributed by atoms with E-state index in [1.807, 2.05) is 0 Å². The van der Waals surface area contributed by atoms with Crippen LogP contribution in [-0.4, -0.2) is 12.2 Å². The van der Waals surface area contributed by atoms with Crippen LogP contribution in [0.3, 0.4) is 0 Å². The first-order chi connectivity index (χ1) is 4.16. The van der Waals surface area contributed by atoms with Crippen LogP contribution < -0.4 is 5.48 Å². The van der Waals surface area contributed by atoms with Gasteiger partial charge in [0.2, 0.25) is 0 Å². The maximum Gasteiger partial charge on any atom is 0.678 e. The number of ether oxygens (including phenoxy) is 1. The minimum Gasteiger partial charge on any atom is -0.406 e. The smallest absolute Gasteiger partial charge is 0.406 e. The summed E-state index contributed by atoms with van der Waals surface area (Å²) >= 11 is 3.21. The van der Waals surface area contributed by atoms with Crippen LogP contribution in [0.4, 0.5) is 4.79 Å². The molecule has 52 valence electrons. The summed E-state index contributed by atoms with van der Waals surface area (Å²) < 4.78 is 8.36. The van der Waals surface area contributed by atoms with Gasteiger partial charge in [0.05, 0.1) is 12.9 Å². The first-order valence-electron chi connectivity index (χ1n) is 2.39. The Kier molecular flexibility index (Phi) is 4.47. The van der Waals surface area contributed by atoms with E-state index in [0.29, 0.717) is 0 Å². The number of hydrogen-bond donors (Lipinski definition) is 1. The van der Waals surface area contributed by atoms with Crippen molar-refractivity contribution < 1.29 is 13.8 Å². The average molecular weight is 150 g/mol. The standard InChI is InChI=1S/C4H8NO3S/c1-3(2)7-4(6)5-8-9/h3,9H,1-2H3/q+1. The molecule has 0 heterocycles. The normalized spacial score (nSPS) is 9.78. The molecule has 0 bridgehead atoms. The lowest BCUT2D eigenvalue weighted by atomic mass is 10.5. The maximum absolute atomic E-state index is 10.3. The van der Waals surface area contributed by atoms with Gasteiger partial charge in [-0.2, -0.15) is 4.79 Å². The van der Waals surface area contributed by atoms with E-state index >= 15 is 0 Å². The molecule has 0 N–H and O–H groups in total. The van der Waals surface area contributed by atoms with Gasteiger partial charge in [0, 0.05) is 0 Å². The van der Waals surface area contributed by atoms with Crippen LogP contribution in [0, 0.1) is 0 Å². The number of carbonyl (C=O) groups excluding carboxylic acids is 1. The minimum atomic E-state index is -0.764. The summed E-state index contributed by atoms with van der Waals surface area (Å²) in [6.45, 7) is 3.43. The Morgan fingerprint density at radius 1 is 1.67 bits per heavy atom. The zero-order valence-corrected chi connectivity index (χ0v) is 6.09. The highest BCUT2D eigenvalue weighted by Crippen LogP contribution is 1.89. The SMILES string of the molecule is CC(C)OC(=O)[N+]OS. The lowest BCUT2D eigenvalue weighted by molar-refractivity contribution is 0.0823. The van der Waals surface area contributed by atoms with Crippen LogP contribution in [0.5, 0.6) is 0 Å². The number of thiol groups is 1. The van der Waals surface area contributed by atoms with E-state index in [4.69, 9.17) is 0 Å². The number of hydrogen-bond acceptors (Lipinski definition) is 4. The molecule has 4 nitrogen and oxygen atoms in total. The summed E-state index contributed by atoms with van der Waals surface area (Å²) in [5.41, 5.74) is 2.87. The fourth-order valence-corrected chi connectivity index (χ4v) is 0.323. The van der Waals surface area contributed by atoms with Gasteiger partial charge in [0.25, 0.3) is 0 Å². The van der Waals surface area contributed by atoms with E-state index in [1.165, 1.54) is 0 Å². The molecule has 0 atom stereocenters. The van der Waals surface area contributed by atoms with E-state index in [0.717, 1.165) is 0 Å². The third-order valence-electron chi connectivity index (χ3n) is 0.452. The van der Waals surface area contributed by atoms with Gasteiger partial charge >= 0.3 is 11.6 Å². The highest BCUT2D eigenvalue weighted by molar-refractivity contribution is 7.75. The number of rotatable bonds is 2. The Morgan fingerprint density at radius 3 is 2.56 bits per heavy atom. The molecule has 0 aliphatic rings. The van der Waals surface area contributed by atoms with Crippen LogP contribution >= 0.6 is 12.9 Å². The van der Waals surface area contributed by atoms with Crippen LogP contribution in [-0.2, 0) is 9.02 Å². The van der Waals surface area contributed by atoms with Crippen molar-refractivity contribution in [2.75, 3.05) is 0 Å². The van der Waals surface area contributed by atoms with Crippen molar-refractivity contribution in [2.24, 2.45) is 0 Å². The molecule has 0 fully saturated rings. The highest BCUT2D eigenvalue weighted by atomic mass is 32.1. The maximum atomic E-state index is 10.3. The van der Waals surface area contributed by atoms with E-state index in [2.05, 4.69) is 27.4 Å². The number of nitrogens with zero attached hydrogens (tertiary/aromatic N) is 1. The van der Waals surface area contributed by atoms with Gasteiger partial charge in [-0.1, -0.05) is 0 Å². The summed E-state index contributed by atoms with van der Waals surface area (Å²) in [4.78, 5) is 10.3. The molecule has 0 spiro atoms. The zero-order chi connectivity index (χ0) is 7.28. The molecular formula is C4H8NO3S+. The summed E-state index contributed by atoms with van der Waals surface area (Å²) in [5, 5.41) is 0. The Bertz CT molecular complexity index is 95.8. The first-order valence-corrected chi connectivity index (χ1v) is 2.75. The van der Waals surface area contributed by atoms with Gasteiger partial charge in [-0.25, -0.2) is 0 Å². The summed E-state index contributed by atoms with van der Waals surface area (Å²) in [6.07, 6.45) is -0.940. The molecule has 5 heteroatoms. The summed E-state index contributed by atoms with van der Waals surface area (Å²) in [6, 6.07) is 0. The molecule has 1 amide bonds. The number of hydroxylamine groups is 1. The van der Waals surface area contributed by atoms with Crippen molar-refractivity contribution in [2.45, 2.75) is 20.0 Å². The molecule has 0 aromatic heterocycles. The zero-order valence-electron chi connectivity index (χ0n) is 5.20. The lowest BCUT2D eigenvalue weighted by Crippen LogP contribution is -2.18. The first kappa shape index (κ1) is 8.74. The average Bonchev–Trinajstić information content (AvgIpc) is 1.63. The molecule has 0 saturated heterocycles. The van der Waals surface area contributed by atoms with Crippen molar-refractivity contribution in [3.8, 4) is 0 Å². The second-order valence-corrected chi connectivity index (χ2v) is 1.77. The number of amides is 1. The third kappa shape index (κ3) is 5.61. The Balaban J connectivity index is 3.27. The largest absolute Gasteiger partial charge is 0.678 e. The van der Waals surface area contributed by atoms with Gasteiger partial charge in [-0.15, -0.1) is 0 Å². The van der Waals surface area contributed by atoms with E-state index in [9.17, 15) is 4.79 Å². The van der Waals surface area contributed by atoms with E-state index < -0.39 is 6.09 Å². The molecule has 0 unspecified atom stereocenters. The second-order valence-electron chi connectivity index (χ2n) is 1.61. The van der Waals surface area contributed by atoms with Crippen molar-refractivity contribution >= 4 is 19.0 Å². The molecule has 0 aliphatic heterocycles. The van der Waals surface area contributed by atoms with E-state index in [-0.39, 0.29) is 6.10 Å². The van der Waals surface area contributed by atoms with Crippen LogP contribution in [0.25, 0.3) is 0 Å². The summed E-state index contributed by atoms with van der Waals surface area (Å²) in [7, 11) is 0. The molecule has 0 rings (SSSR count). The van der Waals surface area contributed by atoms with Gasteiger partial charge in [-0.05, 0) is 18.1 Å². The van der Waals surface area contributed by atoms with Gasteiger partial charge in [0.15, 0.2) is 0 Å². The molecule has 0 aliphatic carbocycles. The van der Waals surface area contributed by atoms with Crippen molar-refractivity contribution in [1.29, 1.82) is 0 Å². The third-order valence-corrected chi connectivity index (χ3v) is 0.534. The molecule has 0 aromatic rings. The van der Waals surface area contributed by atoms with Gasteiger partial charge in [0.1, 0.15) is 6.10 Å². The molecule has 0 saturated carbocycles. The monoisotopic (exact) mass is 150 g/mol. The second kappa shape index (κ2) is 4.60. The fraction of sp³-hybridized carbons (Fsp3) is 0.750. The molecule has 2 radical (unpaired) electrons. The highest BCUT2D eigenvalue weighted by Gasteiger charge is 2.24. The van der Waals surface area contributed by atoms with Crippen molar-refractivity contribution in [3.63, 3.8) is 0 Å². The lowest BCUT2D eigenvalue weighted by Gasteiger charge is -1.95. The predicted octanol–water partition coefficient (Wildman–Crippen LogP) is 0.912. The van der Waals surface area contributed by atoms with E-state index in [1.54, 1.807) is 13.8 Å². The Hall–Kier alpha value is -0.260. The predicted molar refractivity (Wildman–Crippen MR) is 33.8 cm³/mol.